The van der Waals surface area contributed by atoms with Crippen molar-refractivity contribution in [3.8, 4) is 0 Å². The largest absolute Gasteiger partial charge is 0.457 e. The van der Waals surface area contributed by atoms with Crippen molar-refractivity contribution < 1.29 is 9.53 Å². The molecule has 4 heteroatoms. The number of hydrogen-bond acceptors (Lipinski definition) is 3. The maximum absolute atomic E-state index is 12.0. The van der Waals surface area contributed by atoms with E-state index < -0.39 is 5.97 Å². The molecule has 0 heterocycles. The van der Waals surface area contributed by atoms with E-state index in [1.807, 2.05) is 30.3 Å². The molecule has 2 aromatic carbocycles. The standard InChI is InChI=1S/C15H14N2O2/c16-14(17)12-8-4-5-9-13(12)15(18)19-10-11-6-2-1-3-7-11/h1-9H,10H2,(H3,16,17). The summed E-state index contributed by atoms with van der Waals surface area (Å²) >= 11 is 0. The van der Waals surface area contributed by atoms with Crippen molar-refractivity contribution in [1.29, 1.82) is 5.41 Å². The van der Waals surface area contributed by atoms with Crippen LogP contribution in [-0.4, -0.2) is 11.8 Å². The summed E-state index contributed by atoms with van der Waals surface area (Å²) < 4.78 is 5.21. The molecule has 2 rings (SSSR count). The van der Waals surface area contributed by atoms with Gasteiger partial charge in [0.15, 0.2) is 0 Å². The minimum Gasteiger partial charge on any atom is -0.457 e. The van der Waals surface area contributed by atoms with Crippen LogP contribution in [0.2, 0.25) is 0 Å². The molecular weight excluding hydrogens is 240 g/mol. The zero-order valence-corrected chi connectivity index (χ0v) is 10.3. The molecule has 0 spiro atoms. The van der Waals surface area contributed by atoms with Gasteiger partial charge in [0.1, 0.15) is 12.4 Å². The Kier molecular flexibility index (Phi) is 3.93. The molecule has 3 N–H and O–H groups in total. The summed E-state index contributed by atoms with van der Waals surface area (Å²) in [6, 6.07) is 16.1. The first-order valence-electron chi connectivity index (χ1n) is 5.83. The van der Waals surface area contributed by atoms with E-state index in [9.17, 15) is 4.79 Å². The third-order valence-electron chi connectivity index (χ3n) is 2.65. The third-order valence-corrected chi connectivity index (χ3v) is 2.65. The second kappa shape index (κ2) is 5.82. The summed E-state index contributed by atoms with van der Waals surface area (Å²) in [5.41, 5.74) is 7.05. The maximum atomic E-state index is 12.0. The second-order valence-corrected chi connectivity index (χ2v) is 4.02. The summed E-state index contributed by atoms with van der Waals surface area (Å²) in [7, 11) is 0. The Bertz CT molecular complexity index is 594. The quantitative estimate of drug-likeness (QED) is 0.499. The van der Waals surface area contributed by atoms with Crippen molar-refractivity contribution in [3.05, 3.63) is 71.3 Å². The van der Waals surface area contributed by atoms with Gasteiger partial charge < -0.3 is 10.5 Å². The smallest absolute Gasteiger partial charge is 0.339 e. The van der Waals surface area contributed by atoms with Crippen molar-refractivity contribution in [3.63, 3.8) is 0 Å². The average molecular weight is 254 g/mol. The fourth-order valence-electron chi connectivity index (χ4n) is 1.70. The molecule has 19 heavy (non-hydrogen) atoms. The van der Waals surface area contributed by atoms with Gasteiger partial charge in [-0.1, -0.05) is 48.5 Å². The van der Waals surface area contributed by atoms with Gasteiger partial charge in [-0.25, -0.2) is 4.79 Å². The first-order chi connectivity index (χ1) is 9.18. The minimum absolute atomic E-state index is 0.146. The first kappa shape index (κ1) is 12.8. The van der Waals surface area contributed by atoms with Crippen LogP contribution in [0.4, 0.5) is 0 Å². The van der Waals surface area contributed by atoms with E-state index in [4.69, 9.17) is 15.9 Å². The lowest BCUT2D eigenvalue weighted by Gasteiger charge is -2.08. The van der Waals surface area contributed by atoms with Crippen molar-refractivity contribution in [2.45, 2.75) is 6.61 Å². The van der Waals surface area contributed by atoms with Crippen LogP contribution in [-0.2, 0) is 11.3 Å². The third kappa shape index (κ3) is 3.19. The van der Waals surface area contributed by atoms with Gasteiger partial charge in [0.25, 0.3) is 0 Å². The molecule has 96 valence electrons. The molecule has 0 saturated carbocycles. The van der Waals surface area contributed by atoms with Crippen LogP contribution in [0.3, 0.4) is 0 Å². The van der Waals surface area contributed by atoms with Gasteiger partial charge in [0.05, 0.1) is 5.56 Å². The summed E-state index contributed by atoms with van der Waals surface area (Å²) in [4.78, 5) is 12.0. The van der Waals surface area contributed by atoms with E-state index >= 15 is 0 Å². The number of nitrogens with two attached hydrogens (primary N) is 1. The van der Waals surface area contributed by atoms with E-state index in [0.717, 1.165) is 5.56 Å². The Morgan fingerprint density at radius 1 is 1.00 bits per heavy atom. The molecule has 0 unspecified atom stereocenters. The van der Waals surface area contributed by atoms with Gasteiger partial charge >= 0.3 is 5.97 Å². The van der Waals surface area contributed by atoms with Crippen molar-refractivity contribution in [2.75, 3.05) is 0 Å². The van der Waals surface area contributed by atoms with Crippen molar-refractivity contribution >= 4 is 11.8 Å². The fourth-order valence-corrected chi connectivity index (χ4v) is 1.70. The van der Waals surface area contributed by atoms with Gasteiger partial charge in [-0.3, -0.25) is 5.41 Å². The highest BCUT2D eigenvalue weighted by Crippen LogP contribution is 2.11. The van der Waals surface area contributed by atoms with Gasteiger partial charge in [-0.2, -0.15) is 0 Å². The Morgan fingerprint density at radius 2 is 1.58 bits per heavy atom. The molecule has 0 atom stereocenters. The van der Waals surface area contributed by atoms with Gasteiger partial charge in [0.2, 0.25) is 0 Å². The van der Waals surface area contributed by atoms with Gasteiger partial charge in [-0.05, 0) is 11.6 Å². The lowest BCUT2D eigenvalue weighted by atomic mass is 10.1. The highest BCUT2D eigenvalue weighted by molar-refractivity contribution is 6.05. The van der Waals surface area contributed by atoms with Crippen LogP contribution >= 0.6 is 0 Å². The molecule has 4 nitrogen and oxygen atoms in total. The molecule has 0 aromatic heterocycles. The highest BCUT2D eigenvalue weighted by Gasteiger charge is 2.13. The summed E-state index contributed by atoms with van der Waals surface area (Å²) in [5, 5.41) is 7.44. The van der Waals surface area contributed by atoms with Crippen LogP contribution < -0.4 is 5.73 Å². The first-order valence-corrected chi connectivity index (χ1v) is 5.83. The number of carbonyl (C=O) groups excluding carboxylic acids is 1. The van der Waals surface area contributed by atoms with Crippen molar-refractivity contribution in [2.24, 2.45) is 5.73 Å². The number of esters is 1. The van der Waals surface area contributed by atoms with Crippen LogP contribution in [0.1, 0.15) is 21.5 Å². The number of hydrogen-bond donors (Lipinski definition) is 2. The van der Waals surface area contributed by atoms with Crippen molar-refractivity contribution in [1.82, 2.24) is 0 Å². The van der Waals surface area contributed by atoms with Gasteiger partial charge in [0, 0.05) is 5.56 Å². The van der Waals surface area contributed by atoms with Crippen LogP contribution in [0, 0.1) is 5.41 Å². The molecule has 0 aliphatic heterocycles. The number of nitrogens with one attached hydrogen (secondary N) is 1. The molecule has 0 aliphatic rings. The molecule has 0 fully saturated rings. The normalized spacial score (nSPS) is 9.89. The van der Waals surface area contributed by atoms with Crippen LogP contribution in [0.25, 0.3) is 0 Å². The van der Waals surface area contributed by atoms with E-state index in [-0.39, 0.29) is 12.4 Å². The molecule has 0 bridgehead atoms. The lowest BCUT2D eigenvalue weighted by Crippen LogP contribution is -2.17. The number of carbonyl (C=O) groups is 1. The van der Waals surface area contributed by atoms with Gasteiger partial charge in [-0.15, -0.1) is 0 Å². The van der Waals surface area contributed by atoms with Crippen LogP contribution in [0.5, 0.6) is 0 Å². The number of amidine groups is 1. The highest BCUT2D eigenvalue weighted by atomic mass is 16.5. The molecule has 0 saturated heterocycles. The zero-order chi connectivity index (χ0) is 13.7. The Hall–Kier alpha value is -2.62. The molecule has 0 radical (unpaired) electrons. The average Bonchev–Trinajstić information content (AvgIpc) is 2.46. The number of benzene rings is 2. The molecular formula is C15H14N2O2. The zero-order valence-electron chi connectivity index (χ0n) is 10.3. The maximum Gasteiger partial charge on any atom is 0.339 e. The Balaban J connectivity index is 2.10. The van der Waals surface area contributed by atoms with Crippen LogP contribution in [0.15, 0.2) is 54.6 Å². The Morgan fingerprint density at radius 3 is 2.21 bits per heavy atom. The predicted molar refractivity (Wildman–Crippen MR) is 73.0 cm³/mol. The lowest BCUT2D eigenvalue weighted by molar-refractivity contribution is 0.0472. The number of ether oxygens (including phenoxy) is 1. The number of rotatable bonds is 4. The second-order valence-electron chi connectivity index (χ2n) is 4.02. The predicted octanol–water partition coefficient (Wildman–Crippen LogP) is 2.33. The molecule has 0 aliphatic carbocycles. The minimum atomic E-state index is -0.477. The molecule has 2 aromatic rings. The fraction of sp³-hybridized carbons (Fsp3) is 0.0667. The summed E-state index contributed by atoms with van der Waals surface area (Å²) in [5.74, 6) is -0.623. The van der Waals surface area contributed by atoms with E-state index in [1.165, 1.54) is 0 Å². The summed E-state index contributed by atoms with van der Waals surface area (Å²) in [6.45, 7) is 0.200. The van der Waals surface area contributed by atoms with E-state index in [2.05, 4.69) is 0 Å². The topological polar surface area (TPSA) is 76.2 Å². The van der Waals surface area contributed by atoms with E-state index in [0.29, 0.717) is 11.1 Å². The summed E-state index contributed by atoms with van der Waals surface area (Å²) in [6.07, 6.45) is 0. The Labute approximate surface area is 111 Å². The molecule has 0 amide bonds. The SMILES string of the molecule is N=C(N)c1ccccc1C(=O)OCc1ccccc1. The monoisotopic (exact) mass is 254 g/mol. The van der Waals surface area contributed by atoms with E-state index in [1.54, 1.807) is 24.3 Å². The number of nitrogen functional groups attached to an aromatic ring is 1.